The largest absolute Gasteiger partial charge is 0.311 e. The minimum atomic E-state index is -4.22. The van der Waals surface area contributed by atoms with Crippen molar-refractivity contribution in [1.29, 1.82) is 0 Å². The zero-order valence-electron chi connectivity index (χ0n) is 23.5. The molecule has 1 aliphatic heterocycles. The highest BCUT2D eigenvalue weighted by molar-refractivity contribution is 7.90. The van der Waals surface area contributed by atoms with Crippen LogP contribution in [0, 0.1) is 5.82 Å². The van der Waals surface area contributed by atoms with Crippen LogP contribution < -0.4 is 4.90 Å². The number of benzene rings is 3. The summed E-state index contributed by atoms with van der Waals surface area (Å²) in [5.41, 5.74) is 4.30. The van der Waals surface area contributed by atoms with E-state index in [1.165, 1.54) is 23.1 Å². The number of halogens is 1. The molecule has 0 saturated carbocycles. The third-order valence-corrected chi connectivity index (χ3v) is 8.48. The number of carbonyl (C=O) groups excluding carboxylic acids is 1. The number of nitrogens with zero attached hydrogens (tertiary/aromatic N) is 2. The SMILES string of the molecule is CC(C)c1cc(C(C)C)c(S(=O)(=O)/N=C(\C=C2\C(=O)N(C)c3ccc(F)cc32)c2ccccc2)c(C(C)C)c1. The minimum Gasteiger partial charge on any atom is -0.311 e. The van der Waals surface area contributed by atoms with Crippen LogP contribution in [0.5, 0.6) is 0 Å². The zero-order chi connectivity index (χ0) is 28.6. The molecule has 0 bridgehead atoms. The number of carbonyl (C=O) groups is 1. The number of hydrogen-bond acceptors (Lipinski definition) is 3. The second-order valence-corrected chi connectivity index (χ2v) is 12.4. The molecule has 39 heavy (non-hydrogen) atoms. The van der Waals surface area contributed by atoms with E-state index in [0.29, 0.717) is 16.8 Å². The van der Waals surface area contributed by atoms with Crippen molar-refractivity contribution in [2.75, 3.05) is 11.9 Å². The molecule has 0 aliphatic carbocycles. The van der Waals surface area contributed by atoms with Gasteiger partial charge in [0.1, 0.15) is 5.82 Å². The normalized spacial score (nSPS) is 15.3. The molecule has 4 rings (SSSR count). The second-order valence-electron chi connectivity index (χ2n) is 10.9. The van der Waals surface area contributed by atoms with Gasteiger partial charge in [-0.2, -0.15) is 12.8 Å². The number of likely N-dealkylation sites (N-methyl/N-ethyl adjacent to an activating group) is 1. The molecule has 1 heterocycles. The van der Waals surface area contributed by atoms with E-state index in [0.717, 1.165) is 16.7 Å². The molecule has 204 valence electrons. The molecule has 1 aliphatic rings. The summed E-state index contributed by atoms with van der Waals surface area (Å²) in [5, 5.41) is 0. The van der Waals surface area contributed by atoms with Gasteiger partial charge in [0, 0.05) is 18.2 Å². The third kappa shape index (κ3) is 5.59. The van der Waals surface area contributed by atoms with Crippen LogP contribution in [-0.4, -0.2) is 27.1 Å². The molecule has 7 heteroatoms. The summed E-state index contributed by atoms with van der Waals surface area (Å²) >= 11 is 0. The molecular formula is C32H35FN2O3S. The summed E-state index contributed by atoms with van der Waals surface area (Å²) in [6, 6.07) is 16.9. The molecular weight excluding hydrogens is 511 g/mol. The lowest BCUT2D eigenvalue weighted by molar-refractivity contribution is -0.112. The van der Waals surface area contributed by atoms with Gasteiger partial charge in [0.15, 0.2) is 0 Å². The van der Waals surface area contributed by atoms with Crippen LogP contribution in [0.2, 0.25) is 0 Å². The predicted molar refractivity (Wildman–Crippen MR) is 157 cm³/mol. The Balaban J connectivity index is 2.01. The van der Waals surface area contributed by atoms with Gasteiger partial charge in [-0.1, -0.05) is 84.0 Å². The van der Waals surface area contributed by atoms with Gasteiger partial charge in [0.2, 0.25) is 0 Å². The van der Waals surface area contributed by atoms with Gasteiger partial charge in [-0.05, 0) is 58.7 Å². The van der Waals surface area contributed by atoms with Crippen molar-refractivity contribution in [2.45, 2.75) is 64.2 Å². The molecule has 1 amide bonds. The van der Waals surface area contributed by atoms with Crippen LogP contribution in [0.1, 0.15) is 87.1 Å². The molecule has 0 radical (unpaired) electrons. The Labute approximate surface area is 231 Å². The average molecular weight is 547 g/mol. The molecule has 0 spiro atoms. The minimum absolute atomic E-state index is 0.0559. The zero-order valence-corrected chi connectivity index (χ0v) is 24.3. The first-order valence-electron chi connectivity index (χ1n) is 13.2. The highest BCUT2D eigenvalue weighted by atomic mass is 32.2. The molecule has 0 atom stereocenters. The van der Waals surface area contributed by atoms with E-state index in [4.69, 9.17) is 0 Å². The topological polar surface area (TPSA) is 66.8 Å². The molecule has 0 unspecified atom stereocenters. The maximum absolute atomic E-state index is 14.2. The van der Waals surface area contributed by atoms with E-state index in [-0.39, 0.29) is 39.8 Å². The van der Waals surface area contributed by atoms with Crippen LogP contribution in [0.4, 0.5) is 10.1 Å². The molecule has 3 aromatic rings. The fourth-order valence-corrected chi connectivity index (χ4v) is 6.53. The number of allylic oxidation sites excluding steroid dienone is 1. The smallest absolute Gasteiger partial charge is 0.283 e. The lowest BCUT2D eigenvalue weighted by Gasteiger charge is -2.21. The predicted octanol–water partition coefficient (Wildman–Crippen LogP) is 7.43. The Hall–Kier alpha value is -3.58. The number of rotatable bonds is 7. The summed E-state index contributed by atoms with van der Waals surface area (Å²) in [6.45, 7) is 12.1. The highest BCUT2D eigenvalue weighted by Crippen LogP contribution is 2.38. The van der Waals surface area contributed by atoms with Crippen LogP contribution >= 0.6 is 0 Å². The lowest BCUT2D eigenvalue weighted by atomic mass is 9.89. The van der Waals surface area contributed by atoms with Crippen molar-refractivity contribution in [1.82, 2.24) is 0 Å². The molecule has 3 aromatic carbocycles. The van der Waals surface area contributed by atoms with Crippen LogP contribution in [0.25, 0.3) is 5.57 Å². The van der Waals surface area contributed by atoms with Crippen molar-refractivity contribution in [3.63, 3.8) is 0 Å². The Morgan fingerprint density at radius 3 is 2.00 bits per heavy atom. The van der Waals surface area contributed by atoms with Gasteiger partial charge >= 0.3 is 0 Å². The average Bonchev–Trinajstić information content (AvgIpc) is 3.11. The maximum Gasteiger partial charge on any atom is 0.283 e. The van der Waals surface area contributed by atoms with Gasteiger partial charge in [-0.3, -0.25) is 4.79 Å². The monoisotopic (exact) mass is 546 g/mol. The number of sulfonamides is 1. The van der Waals surface area contributed by atoms with Gasteiger partial charge in [-0.25, -0.2) is 4.39 Å². The maximum atomic E-state index is 14.2. The van der Waals surface area contributed by atoms with E-state index < -0.39 is 15.8 Å². The fourth-order valence-electron chi connectivity index (χ4n) is 4.83. The molecule has 5 nitrogen and oxygen atoms in total. The van der Waals surface area contributed by atoms with Crippen LogP contribution in [0.3, 0.4) is 0 Å². The van der Waals surface area contributed by atoms with E-state index in [2.05, 4.69) is 18.2 Å². The van der Waals surface area contributed by atoms with Crippen LogP contribution in [-0.2, 0) is 14.8 Å². The number of anilines is 1. The second kappa shape index (κ2) is 10.9. The van der Waals surface area contributed by atoms with E-state index >= 15 is 0 Å². The van der Waals surface area contributed by atoms with Crippen molar-refractivity contribution < 1.29 is 17.6 Å². The molecule has 0 aromatic heterocycles. The molecule has 0 N–H and O–H groups in total. The number of fused-ring (bicyclic) bond motifs is 1. The molecule has 0 saturated heterocycles. The van der Waals surface area contributed by atoms with Crippen molar-refractivity contribution >= 4 is 32.9 Å². The third-order valence-electron chi connectivity index (χ3n) is 7.05. The van der Waals surface area contributed by atoms with E-state index in [1.807, 2.05) is 45.9 Å². The summed E-state index contributed by atoms with van der Waals surface area (Å²) in [4.78, 5) is 14.8. The quantitative estimate of drug-likeness (QED) is 0.229. The lowest BCUT2D eigenvalue weighted by Crippen LogP contribution is -2.20. The van der Waals surface area contributed by atoms with Crippen molar-refractivity contribution in [2.24, 2.45) is 4.40 Å². The van der Waals surface area contributed by atoms with E-state index in [9.17, 15) is 17.6 Å². The van der Waals surface area contributed by atoms with Crippen LogP contribution in [0.15, 0.2) is 76.0 Å². The summed E-state index contributed by atoms with van der Waals surface area (Å²) in [6.07, 6.45) is 1.46. The van der Waals surface area contributed by atoms with Gasteiger partial charge in [-0.15, -0.1) is 0 Å². The highest BCUT2D eigenvalue weighted by Gasteiger charge is 2.32. The number of hydrogen-bond donors (Lipinski definition) is 0. The van der Waals surface area contributed by atoms with Crippen molar-refractivity contribution in [3.8, 4) is 0 Å². The summed E-state index contributed by atoms with van der Waals surface area (Å²) in [7, 11) is -2.61. The van der Waals surface area contributed by atoms with Gasteiger partial charge in [0.25, 0.3) is 15.9 Å². The first-order valence-corrected chi connectivity index (χ1v) is 14.6. The standard InChI is InChI=1S/C32H35FN2O3S/c1-19(2)23-15-25(20(3)4)31(26(16-23)21(5)6)39(37,38)34-29(22-11-9-8-10-12-22)18-28-27-17-24(33)13-14-30(27)35(7)32(28)36/h8-21H,1-7H3/b28-18+,34-29+. The van der Waals surface area contributed by atoms with Crippen molar-refractivity contribution in [3.05, 3.63) is 100 Å². The van der Waals surface area contributed by atoms with Gasteiger partial charge in [0.05, 0.1) is 21.9 Å². The summed E-state index contributed by atoms with van der Waals surface area (Å²) in [5.74, 6) is -0.722. The Morgan fingerprint density at radius 1 is 0.872 bits per heavy atom. The van der Waals surface area contributed by atoms with E-state index in [1.54, 1.807) is 37.4 Å². The first-order chi connectivity index (χ1) is 18.3. The Morgan fingerprint density at radius 2 is 1.46 bits per heavy atom. The number of amides is 1. The molecule has 0 fully saturated rings. The van der Waals surface area contributed by atoms with Gasteiger partial charge < -0.3 is 4.90 Å². The summed E-state index contributed by atoms with van der Waals surface area (Å²) < 4.78 is 47.0. The fraction of sp³-hybridized carbons (Fsp3) is 0.312. The Kier molecular flexibility index (Phi) is 7.94. The Bertz CT molecular complexity index is 1560. The first kappa shape index (κ1) is 28.4.